The molecule has 1 aliphatic heterocycles. The fraction of sp³-hybridized carbons (Fsp3) is 0.538. The number of hydrogen-bond donors (Lipinski definition) is 0. The molecule has 0 N–H and O–H groups in total. The lowest BCUT2D eigenvalue weighted by Gasteiger charge is -2.36. The fourth-order valence-corrected chi connectivity index (χ4v) is 2.40. The Hall–Kier alpha value is -0.900. The Morgan fingerprint density at radius 1 is 1.41 bits per heavy atom. The lowest BCUT2D eigenvalue weighted by molar-refractivity contribution is 0.0630. The first-order valence-corrected chi connectivity index (χ1v) is 6.68. The Balaban J connectivity index is 2.07. The lowest BCUT2D eigenvalue weighted by Crippen LogP contribution is -2.41. The van der Waals surface area contributed by atoms with Crippen LogP contribution >= 0.6 is 15.9 Å². The van der Waals surface area contributed by atoms with Crippen molar-refractivity contribution in [3.8, 4) is 0 Å². The van der Waals surface area contributed by atoms with E-state index in [1.54, 1.807) is 18.3 Å². The second-order valence-electron chi connectivity index (χ2n) is 5.32. The van der Waals surface area contributed by atoms with Gasteiger partial charge in [0, 0.05) is 24.8 Å². The second kappa shape index (κ2) is 4.77. The maximum absolute atomic E-state index is 12.2. The minimum Gasteiger partial charge on any atom is -0.339 e. The summed E-state index contributed by atoms with van der Waals surface area (Å²) in [6, 6.07) is 3.55. The number of rotatable bonds is 1. The molecule has 0 aliphatic carbocycles. The maximum atomic E-state index is 12.2. The van der Waals surface area contributed by atoms with Gasteiger partial charge >= 0.3 is 0 Å². The lowest BCUT2D eigenvalue weighted by atomic mass is 9.82. The van der Waals surface area contributed by atoms with Gasteiger partial charge in [-0.1, -0.05) is 13.8 Å². The first-order valence-electron chi connectivity index (χ1n) is 5.89. The van der Waals surface area contributed by atoms with Gasteiger partial charge in [0.05, 0.1) is 0 Å². The van der Waals surface area contributed by atoms with Crippen LogP contribution in [-0.4, -0.2) is 28.9 Å². The number of hydrogen-bond acceptors (Lipinski definition) is 2. The Morgan fingerprint density at radius 3 is 2.65 bits per heavy atom. The van der Waals surface area contributed by atoms with Gasteiger partial charge in [-0.15, -0.1) is 0 Å². The van der Waals surface area contributed by atoms with Crippen LogP contribution < -0.4 is 0 Å². The molecule has 0 aromatic carbocycles. The molecule has 1 aliphatic rings. The molecule has 0 atom stereocenters. The summed E-state index contributed by atoms with van der Waals surface area (Å²) < 4.78 is 0.709. The fourth-order valence-electron chi connectivity index (χ4n) is 2.03. The van der Waals surface area contributed by atoms with E-state index < -0.39 is 0 Å². The van der Waals surface area contributed by atoms with Crippen LogP contribution in [0.4, 0.5) is 0 Å². The highest BCUT2D eigenvalue weighted by Gasteiger charge is 2.28. The van der Waals surface area contributed by atoms with Crippen molar-refractivity contribution in [2.75, 3.05) is 13.1 Å². The third-order valence-electron chi connectivity index (χ3n) is 3.38. The molecule has 3 nitrogen and oxygen atoms in total. The summed E-state index contributed by atoms with van der Waals surface area (Å²) in [5.41, 5.74) is 1.09. The van der Waals surface area contributed by atoms with Crippen LogP contribution in [0.2, 0.25) is 0 Å². The van der Waals surface area contributed by atoms with Gasteiger partial charge in [-0.3, -0.25) is 4.79 Å². The molecule has 1 fully saturated rings. The first-order chi connectivity index (χ1) is 7.98. The van der Waals surface area contributed by atoms with Crippen molar-refractivity contribution >= 4 is 21.8 Å². The van der Waals surface area contributed by atoms with E-state index in [-0.39, 0.29) is 5.91 Å². The number of aromatic nitrogens is 1. The van der Waals surface area contributed by atoms with Gasteiger partial charge in [-0.2, -0.15) is 0 Å². The molecule has 0 unspecified atom stereocenters. The zero-order valence-corrected chi connectivity index (χ0v) is 11.8. The normalized spacial score (nSPS) is 19.1. The number of likely N-dealkylation sites (tertiary alicyclic amines) is 1. The number of carbonyl (C=O) groups excluding carboxylic acids is 1. The SMILES string of the molecule is CC1(C)CCN(C(=O)c2ccnc(Br)c2)CC1. The summed E-state index contributed by atoms with van der Waals surface area (Å²) in [5.74, 6) is 0.114. The molecule has 1 aromatic heterocycles. The second-order valence-corrected chi connectivity index (χ2v) is 6.14. The van der Waals surface area contributed by atoms with E-state index in [4.69, 9.17) is 0 Å². The topological polar surface area (TPSA) is 33.2 Å². The quantitative estimate of drug-likeness (QED) is 0.746. The Kier molecular flexibility index (Phi) is 3.52. The summed E-state index contributed by atoms with van der Waals surface area (Å²) in [4.78, 5) is 18.2. The third-order valence-corrected chi connectivity index (χ3v) is 3.81. The van der Waals surface area contributed by atoms with Crippen LogP contribution in [0.1, 0.15) is 37.0 Å². The number of piperidine rings is 1. The van der Waals surface area contributed by atoms with Crippen LogP contribution in [0.3, 0.4) is 0 Å². The standard InChI is InChI=1S/C13H17BrN2O/c1-13(2)4-7-16(8-5-13)12(17)10-3-6-15-11(14)9-10/h3,6,9H,4-5,7-8H2,1-2H3. The van der Waals surface area contributed by atoms with Gasteiger partial charge in [0.15, 0.2) is 0 Å². The molecule has 1 amide bonds. The van der Waals surface area contributed by atoms with Crippen LogP contribution in [0, 0.1) is 5.41 Å². The predicted molar refractivity (Wildman–Crippen MR) is 70.9 cm³/mol. The smallest absolute Gasteiger partial charge is 0.254 e. The predicted octanol–water partition coefficient (Wildman–Crippen LogP) is 3.11. The molecule has 92 valence electrons. The minimum absolute atomic E-state index is 0.114. The summed E-state index contributed by atoms with van der Waals surface area (Å²) in [6.45, 7) is 6.23. The molecular weight excluding hydrogens is 280 g/mol. The highest BCUT2D eigenvalue weighted by Crippen LogP contribution is 2.30. The van der Waals surface area contributed by atoms with Crippen molar-refractivity contribution in [2.24, 2.45) is 5.41 Å². The molecule has 4 heteroatoms. The van der Waals surface area contributed by atoms with Gasteiger partial charge in [-0.25, -0.2) is 4.98 Å². The van der Waals surface area contributed by atoms with Gasteiger partial charge in [0.1, 0.15) is 4.60 Å². The van der Waals surface area contributed by atoms with E-state index in [1.807, 2.05) is 4.90 Å². The third kappa shape index (κ3) is 3.06. The molecule has 1 saturated heterocycles. The molecule has 17 heavy (non-hydrogen) atoms. The van der Waals surface area contributed by atoms with Crippen molar-refractivity contribution in [2.45, 2.75) is 26.7 Å². The van der Waals surface area contributed by atoms with Crippen molar-refractivity contribution in [3.05, 3.63) is 28.5 Å². The Labute approximate surface area is 110 Å². The molecule has 0 saturated carbocycles. The van der Waals surface area contributed by atoms with Crippen LogP contribution in [0.15, 0.2) is 22.9 Å². The molecule has 0 spiro atoms. The number of amides is 1. The van der Waals surface area contributed by atoms with Gasteiger partial charge in [0.25, 0.3) is 5.91 Å². The molecule has 2 rings (SSSR count). The van der Waals surface area contributed by atoms with Crippen molar-refractivity contribution < 1.29 is 4.79 Å². The van der Waals surface area contributed by atoms with Gasteiger partial charge in [0.2, 0.25) is 0 Å². The Bertz CT molecular complexity index is 421. The summed E-state index contributed by atoms with van der Waals surface area (Å²) >= 11 is 3.29. The van der Waals surface area contributed by atoms with Crippen LogP contribution in [-0.2, 0) is 0 Å². The summed E-state index contributed by atoms with van der Waals surface area (Å²) in [7, 11) is 0. The highest BCUT2D eigenvalue weighted by atomic mass is 79.9. The molecular formula is C13H17BrN2O. The van der Waals surface area contributed by atoms with Crippen molar-refractivity contribution in [3.63, 3.8) is 0 Å². The van der Waals surface area contributed by atoms with Crippen LogP contribution in [0.25, 0.3) is 0 Å². The van der Waals surface area contributed by atoms with Crippen molar-refractivity contribution in [1.82, 2.24) is 9.88 Å². The zero-order valence-electron chi connectivity index (χ0n) is 10.2. The minimum atomic E-state index is 0.114. The van der Waals surface area contributed by atoms with Gasteiger partial charge in [-0.05, 0) is 46.3 Å². The number of carbonyl (C=O) groups is 1. The van der Waals surface area contributed by atoms with E-state index in [9.17, 15) is 4.79 Å². The van der Waals surface area contributed by atoms with E-state index in [1.165, 1.54) is 0 Å². The molecule has 0 bridgehead atoms. The monoisotopic (exact) mass is 296 g/mol. The van der Waals surface area contributed by atoms with Gasteiger partial charge < -0.3 is 4.90 Å². The Morgan fingerprint density at radius 2 is 2.06 bits per heavy atom. The van der Waals surface area contributed by atoms with E-state index in [2.05, 4.69) is 34.8 Å². The van der Waals surface area contributed by atoms with Crippen molar-refractivity contribution in [1.29, 1.82) is 0 Å². The summed E-state index contributed by atoms with van der Waals surface area (Å²) in [6.07, 6.45) is 3.81. The highest BCUT2D eigenvalue weighted by molar-refractivity contribution is 9.10. The van der Waals surface area contributed by atoms with E-state index in [0.29, 0.717) is 15.6 Å². The average Bonchev–Trinajstić information content (AvgIpc) is 2.28. The largest absolute Gasteiger partial charge is 0.339 e. The number of halogens is 1. The number of nitrogens with zero attached hydrogens (tertiary/aromatic N) is 2. The average molecular weight is 297 g/mol. The number of pyridine rings is 1. The van der Waals surface area contributed by atoms with E-state index >= 15 is 0 Å². The maximum Gasteiger partial charge on any atom is 0.254 e. The van der Waals surface area contributed by atoms with Crippen LogP contribution in [0.5, 0.6) is 0 Å². The summed E-state index contributed by atoms with van der Waals surface area (Å²) in [5, 5.41) is 0. The molecule has 1 aromatic rings. The van der Waals surface area contributed by atoms with E-state index in [0.717, 1.165) is 25.9 Å². The first kappa shape index (κ1) is 12.6. The molecule has 0 radical (unpaired) electrons. The zero-order chi connectivity index (χ0) is 12.5. The molecule has 2 heterocycles.